The van der Waals surface area contributed by atoms with Crippen LogP contribution in [0.25, 0.3) is 5.69 Å². The number of phenols is 1. The molecule has 0 aliphatic carbocycles. The highest BCUT2D eigenvalue weighted by Crippen LogP contribution is 2.24. The molecule has 1 aromatic heterocycles. The van der Waals surface area contributed by atoms with Gasteiger partial charge in [-0.2, -0.15) is 0 Å². The average molecular weight is 374 g/mol. The second-order valence-electron chi connectivity index (χ2n) is 7.49. The lowest BCUT2D eigenvalue weighted by Gasteiger charge is -2.22. The predicted molar refractivity (Wildman–Crippen MR) is 101 cm³/mol. The Morgan fingerprint density at radius 2 is 1.89 bits per heavy atom. The average Bonchev–Trinajstić information content (AvgIpc) is 2.78. The minimum absolute atomic E-state index is 0.118. The lowest BCUT2D eigenvalue weighted by Crippen LogP contribution is -2.44. The lowest BCUT2D eigenvalue weighted by molar-refractivity contribution is -0.139. The summed E-state index contributed by atoms with van der Waals surface area (Å²) in [6, 6.07) is 7.59. The molecule has 0 saturated heterocycles. The zero-order valence-corrected chi connectivity index (χ0v) is 16.2. The zero-order valence-electron chi connectivity index (χ0n) is 16.2. The fourth-order valence-electron chi connectivity index (χ4n) is 2.94. The molecule has 7 heteroatoms. The fraction of sp³-hybridized carbons (Fsp3) is 0.400. The Bertz CT molecular complexity index is 849. The Morgan fingerprint density at radius 3 is 2.44 bits per heavy atom. The number of aromatic hydroxyl groups is 1. The van der Waals surface area contributed by atoms with Crippen molar-refractivity contribution in [3.8, 4) is 11.4 Å². The minimum Gasteiger partial charge on any atom is -0.508 e. The second kappa shape index (κ2) is 7.73. The molecule has 1 atom stereocenters. The van der Waals surface area contributed by atoms with Crippen LogP contribution in [0.5, 0.6) is 5.75 Å². The number of aliphatic carboxylic acids is 1. The van der Waals surface area contributed by atoms with Crippen molar-refractivity contribution in [2.75, 3.05) is 0 Å². The number of alkyl carbamates (subject to hydrolysis) is 1. The third-order valence-electron chi connectivity index (χ3n) is 4.04. The van der Waals surface area contributed by atoms with Crippen LogP contribution in [0.4, 0.5) is 4.79 Å². The molecule has 1 unspecified atom stereocenters. The van der Waals surface area contributed by atoms with Crippen LogP contribution >= 0.6 is 0 Å². The van der Waals surface area contributed by atoms with Crippen LogP contribution in [0.15, 0.2) is 30.3 Å². The van der Waals surface area contributed by atoms with Crippen molar-refractivity contribution >= 4 is 12.1 Å². The largest absolute Gasteiger partial charge is 0.508 e. The van der Waals surface area contributed by atoms with Gasteiger partial charge in [-0.05, 0) is 58.4 Å². The molecule has 146 valence electrons. The van der Waals surface area contributed by atoms with Crippen LogP contribution in [0, 0.1) is 13.8 Å². The van der Waals surface area contributed by atoms with Gasteiger partial charge >= 0.3 is 12.1 Å². The van der Waals surface area contributed by atoms with Gasteiger partial charge in [-0.1, -0.05) is 6.07 Å². The normalized spacial score (nSPS) is 12.5. The quantitative estimate of drug-likeness (QED) is 0.745. The number of carbonyl (C=O) groups excluding carboxylic acids is 1. The van der Waals surface area contributed by atoms with Gasteiger partial charge in [-0.3, -0.25) is 0 Å². The maximum absolute atomic E-state index is 12.0. The molecule has 27 heavy (non-hydrogen) atoms. The molecule has 0 spiro atoms. The van der Waals surface area contributed by atoms with Gasteiger partial charge in [-0.15, -0.1) is 0 Å². The first kappa shape index (κ1) is 20.4. The molecule has 1 aromatic carbocycles. The molecule has 1 heterocycles. The molecule has 1 amide bonds. The van der Waals surface area contributed by atoms with Gasteiger partial charge in [0.2, 0.25) is 0 Å². The molecule has 0 aliphatic heterocycles. The van der Waals surface area contributed by atoms with Crippen LogP contribution in [-0.2, 0) is 16.0 Å². The number of carboxylic acid groups (broad SMARTS) is 1. The third kappa shape index (κ3) is 5.26. The molecule has 2 rings (SSSR count). The summed E-state index contributed by atoms with van der Waals surface area (Å²) in [4.78, 5) is 23.6. The Balaban J connectivity index is 2.26. The van der Waals surface area contributed by atoms with Crippen LogP contribution in [0.3, 0.4) is 0 Å². The van der Waals surface area contributed by atoms with Gasteiger partial charge in [0, 0.05) is 29.6 Å². The molecule has 0 fully saturated rings. The summed E-state index contributed by atoms with van der Waals surface area (Å²) in [5.41, 5.74) is 2.60. The van der Waals surface area contributed by atoms with Crippen molar-refractivity contribution in [3.05, 3.63) is 47.3 Å². The lowest BCUT2D eigenvalue weighted by atomic mass is 10.1. The number of rotatable bonds is 5. The van der Waals surface area contributed by atoms with Crippen molar-refractivity contribution < 1.29 is 24.5 Å². The van der Waals surface area contributed by atoms with E-state index >= 15 is 0 Å². The van der Waals surface area contributed by atoms with E-state index in [0.717, 1.165) is 22.6 Å². The molecule has 0 bridgehead atoms. The fourth-order valence-corrected chi connectivity index (χ4v) is 2.94. The molecule has 3 N–H and O–H groups in total. The van der Waals surface area contributed by atoms with E-state index < -0.39 is 23.7 Å². The summed E-state index contributed by atoms with van der Waals surface area (Å²) in [6.45, 7) is 8.91. The number of carboxylic acids is 1. The standard InChI is InChI=1S/C20H26N2O5/c1-12-9-14(13(2)22(12)15-7-6-8-16(23)11-15)10-17(18(24)25)21-19(26)27-20(3,4)5/h6-9,11,17,23H,10H2,1-5H3,(H,21,26)(H,24,25). The second-order valence-corrected chi connectivity index (χ2v) is 7.49. The van der Waals surface area contributed by atoms with Crippen LogP contribution < -0.4 is 5.32 Å². The highest BCUT2D eigenvalue weighted by Gasteiger charge is 2.26. The summed E-state index contributed by atoms with van der Waals surface area (Å²) in [7, 11) is 0. The van der Waals surface area contributed by atoms with Gasteiger partial charge in [0.05, 0.1) is 0 Å². The molecule has 2 aromatic rings. The molecule has 0 radical (unpaired) electrons. The number of aryl methyl sites for hydroxylation is 1. The Kier molecular flexibility index (Phi) is 5.83. The van der Waals surface area contributed by atoms with E-state index in [4.69, 9.17) is 4.74 Å². The van der Waals surface area contributed by atoms with Crippen molar-refractivity contribution in [2.45, 2.75) is 52.7 Å². The Morgan fingerprint density at radius 1 is 1.22 bits per heavy atom. The van der Waals surface area contributed by atoms with Crippen LogP contribution in [-0.4, -0.2) is 38.5 Å². The van der Waals surface area contributed by atoms with E-state index in [1.807, 2.05) is 30.5 Å². The Hall–Kier alpha value is -2.96. The van der Waals surface area contributed by atoms with Crippen LogP contribution in [0.1, 0.15) is 37.7 Å². The number of ether oxygens (including phenoxy) is 1. The summed E-state index contributed by atoms with van der Waals surface area (Å²) < 4.78 is 7.08. The first-order valence-corrected chi connectivity index (χ1v) is 8.67. The van der Waals surface area contributed by atoms with E-state index in [9.17, 15) is 19.8 Å². The van der Waals surface area contributed by atoms with Crippen molar-refractivity contribution in [1.82, 2.24) is 9.88 Å². The minimum atomic E-state index is -1.14. The van der Waals surface area contributed by atoms with Gasteiger partial charge in [0.1, 0.15) is 17.4 Å². The first-order chi connectivity index (χ1) is 12.5. The van der Waals surface area contributed by atoms with Crippen molar-refractivity contribution in [1.29, 1.82) is 0 Å². The monoisotopic (exact) mass is 374 g/mol. The number of phenolic OH excluding ortho intramolecular Hbond substituents is 1. The number of carbonyl (C=O) groups is 2. The summed E-state index contributed by atoms with van der Waals surface area (Å²) in [5.74, 6) is -0.987. The number of aromatic nitrogens is 1. The van der Waals surface area contributed by atoms with E-state index in [2.05, 4.69) is 5.32 Å². The van der Waals surface area contributed by atoms with Crippen molar-refractivity contribution in [3.63, 3.8) is 0 Å². The molecule has 7 nitrogen and oxygen atoms in total. The van der Waals surface area contributed by atoms with Gasteiger partial charge < -0.3 is 24.8 Å². The molecular formula is C20H26N2O5. The first-order valence-electron chi connectivity index (χ1n) is 8.67. The maximum atomic E-state index is 12.0. The third-order valence-corrected chi connectivity index (χ3v) is 4.04. The van der Waals surface area contributed by atoms with Gasteiger partial charge in [0.15, 0.2) is 0 Å². The van der Waals surface area contributed by atoms with Crippen LogP contribution in [0.2, 0.25) is 0 Å². The smallest absolute Gasteiger partial charge is 0.408 e. The van der Waals surface area contributed by atoms with Gasteiger partial charge in [0.25, 0.3) is 0 Å². The Labute approximate surface area is 158 Å². The number of hydrogen-bond acceptors (Lipinski definition) is 4. The topological polar surface area (TPSA) is 101 Å². The van der Waals surface area contributed by atoms with E-state index in [-0.39, 0.29) is 12.2 Å². The number of nitrogens with zero attached hydrogens (tertiary/aromatic N) is 1. The highest BCUT2D eigenvalue weighted by atomic mass is 16.6. The number of amides is 1. The highest BCUT2D eigenvalue weighted by molar-refractivity contribution is 5.80. The predicted octanol–water partition coefficient (Wildman–Crippen LogP) is 3.32. The van der Waals surface area contributed by atoms with E-state index in [0.29, 0.717) is 0 Å². The molecule has 0 aliphatic rings. The maximum Gasteiger partial charge on any atom is 0.408 e. The molecule has 0 saturated carbocycles. The number of hydrogen-bond donors (Lipinski definition) is 3. The SMILES string of the molecule is Cc1cc(CC(NC(=O)OC(C)(C)C)C(=O)O)c(C)n1-c1cccc(O)c1. The van der Waals surface area contributed by atoms with Gasteiger partial charge in [-0.25, -0.2) is 9.59 Å². The summed E-state index contributed by atoms with van der Waals surface area (Å²) >= 11 is 0. The van der Waals surface area contributed by atoms with E-state index in [1.54, 1.807) is 39.0 Å². The van der Waals surface area contributed by atoms with E-state index in [1.165, 1.54) is 0 Å². The summed E-state index contributed by atoms with van der Waals surface area (Å²) in [6.07, 6.45) is -0.649. The molecular weight excluding hydrogens is 348 g/mol. The zero-order chi connectivity index (χ0) is 20.4. The van der Waals surface area contributed by atoms with Crippen molar-refractivity contribution in [2.24, 2.45) is 0 Å². The number of nitrogens with one attached hydrogen (secondary N) is 1. The number of benzene rings is 1. The summed E-state index contributed by atoms with van der Waals surface area (Å²) in [5, 5.41) is 21.6.